The van der Waals surface area contributed by atoms with E-state index < -0.39 is 0 Å². The molecule has 118 valence electrons. The molecule has 0 atom stereocenters. The van der Waals surface area contributed by atoms with Crippen molar-refractivity contribution in [3.8, 4) is 0 Å². The lowest BCUT2D eigenvalue weighted by molar-refractivity contribution is 0.0991. The first-order chi connectivity index (χ1) is 11.0. The highest BCUT2D eigenvalue weighted by molar-refractivity contribution is 6.00. The Kier molecular flexibility index (Phi) is 5.47. The van der Waals surface area contributed by atoms with Crippen LogP contribution in [0.3, 0.4) is 0 Å². The molecule has 0 heterocycles. The van der Waals surface area contributed by atoms with Gasteiger partial charge in [0.25, 0.3) is 0 Å². The number of benzene rings is 2. The van der Waals surface area contributed by atoms with Crippen LogP contribution in [-0.4, -0.2) is 18.5 Å². The SMILES string of the molecule is C=Cc1ccccc1C(=O)CNN=Cc1c(C)cc(C)cc1C. The van der Waals surface area contributed by atoms with Crippen LogP contribution in [0.2, 0.25) is 0 Å². The van der Waals surface area contributed by atoms with Crippen LogP contribution in [0, 0.1) is 20.8 Å². The molecule has 0 saturated carbocycles. The molecule has 0 aliphatic carbocycles. The first kappa shape index (κ1) is 16.7. The largest absolute Gasteiger partial charge is 0.302 e. The molecular weight excluding hydrogens is 284 g/mol. The van der Waals surface area contributed by atoms with Crippen LogP contribution in [-0.2, 0) is 0 Å². The molecule has 0 saturated heterocycles. The Morgan fingerprint density at radius 3 is 2.48 bits per heavy atom. The van der Waals surface area contributed by atoms with Gasteiger partial charge in [0.1, 0.15) is 0 Å². The van der Waals surface area contributed by atoms with Crippen LogP contribution >= 0.6 is 0 Å². The summed E-state index contributed by atoms with van der Waals surface area (Å²) in [6.07, 6.45) is 3.46. The highest BCUT2D eigenvalue weighted by atomic mass is 16.1. The number of hydrazone groups is 1. The van der Waals surface area contributed by atoms with Gasteiger partial charge in [0.05, 0.1) is 12.8 Å². The van der Waals surface area contributed by atoms with Crippen molar-refractivity contribution in [3.63, 3.8) is 0 Å². The van der Waals surface area contributed by atoms with Crippen LogP contribution in [0.15, 0.2) is 48.1 Å². The minimum absolute atomic E-state index is 0.00463. The van der Waals surface area contributed by atoms with Crippen molar-refractivity contribution < 1.29 is 4.79 Å². The van der Waals surface area contributed by atoms with E-state index in [-0.39, 0.29) is 12.3 Å². The van der Waals surface area contributed by atoms with E-state index in [1.54, 1.807) is 18.4 Å². The minimum atomic E-state index is -0.00463. The van der Waals surface area contributed by atoms with E-state index in [2.05, 4.69) is 50.0 Å². The lowest BCUT2D eigenvalue weighted by Gasteiger charge is -2.07. The fraction of sp³-hybridized carbons (Fsp3) is 0.200. The second-order valence-electron chi connectivity index (χ2n) is 5.62. The number of aryl methyl sites for hydroxylation is 3. The fourth-order valence-electron chi connectivity index (χ4n) is 2.65. The Labute approximate surface area is 137 Å². The number of nitrogens with one attached hydrogen (secondary N) is 1. The maximum Gasteiger partial charge on any atom is 0.184 e. The van der Waals surface area contributed by atoms with Gasteiger partial charge in [-0.2, -0.15) is 5.10 Å². The van der Waals surface area contributed by atoms with Gasteiger partial charge in [-0.05, 0) is 37.5 Å². The lowest BCUT2D eigenvalue weighted by atomic mass is 10.0. The van der Waals surface area contributed by atoms with Crippen molar-refractivity contribution in [2.45, 2.75) is 20.8 Å². The Bertz CT molecular complexity index is 737. The number of carbonyl (C=O) groups excluding carboxylic acids is 1. The zero-order valence-electron chi connectivity index (χ0n) is 13.9. The normalized spacial score (nSPS) is 10.7. The zero-order valence-corrected chi connectivity index (χ0v) is 13.9. The smallest absolute Gasteiger partial charge is 0.184 e. The third kappa shape index (κ3) is 4.16. The van der Waals surface area contributed by atoms with Crippen molar-refractivity contribution in [3.05, 3.63) is 76.4 Å². The predicted octanol–water partition coefficient (Wildman–Crippen LogP) is 4.06. The lowest BCUT2D eigenvalue weighted by Crippen LogP contribution is -2.19. The van der Waals surface area contributed by atoms with Gasteiger partial charge in [0, 0.05) is 11.1 Å². The predicted molar refractivity (Wildman–Crippen MR) is 97.1 cm³/mol. The van der Waals surface area contributed by atoms with Crippen molar-refractivity contribution >= 4 is 18.1 Å². The van der Waals surface area contributed by atoms with Crippen LogP contribution in [0.4, 0.5) is 0 Å². The summed E-state index contributed by atoms with van der Waals surface area (Å²) < 4.78 is 0. The molecular formula is C20H22N2O. The van der Waals surface area contributed by atoms with Crippen molar-refractivity contribution in [1.82, 2.24) is 5.43 Å². The summed E-state index contributed by atoms with van der Waals surface area (Å²) in [5.74, 6) is -0.00463. The van der Waals surface area contributed by atoms with Crippen LogP contribution in [0.25, 0.3) is 6.08 Å². The van der Waals surface area contributed by atoms with Crippen LogP contribution in [0.1, 0.15) is 38.2 Å². The number of Topliss-reactive ketones (excluding diaryl/α,β-unsaturated/α-hetero) is 1. The van der Waals surface area contributed by atoms with E-state index >= 15 is 0 Å². The third-order valence-electron chi connectivity index (χ3n) is 3.74. The summed E-state index contributed by atoms with van der Waals surface area (Å²) >= 11 is 0. The summed E-state index contributed by atoms with van der Waals surface area (Å²) in [7, 11) is 0. The minimum Gasteiger partial charge on any atom is -0.302 e. The van der Waals surface area contributed by atoms with Gasteiger partial charge < -0.3 is 5.43 Å². The standard InChI is InChI=1S/C20H22N2O/c1-5-17-8-6-7-9-18(17)20(23)13-22-21-12-19-15(3)10-14(2)11-16(19)4/h5-12,22H,1,13H2,2-4H3. The third-order valence-corrected chi connectivity index (χ3v) is 3.74. The molecule has 0 fully saturated rings. The molecule has 3 heteroatoms. The molecule has 0 bridgehead atoms. The molecule has 0 unspecified atom stereocenters. The van der Waals surface area contributed by atoms with Gasteiger partial charge in [0.15, 0.2) is 5.78 Å². The molecule has 2 aromatic rings. The molecule has 0 radical (unpaired) electrons. The van der Waals surface area contributed by atoms with E-state index in [1.165, 1.54) is 16.7 Å². The summed E-state index contributed by atoms with van der Waals surface area (Å²) in [5.41, 5.74) is 9.02. The van der Waals surface area contributed by atoms with E-state index in [0.29, 0.717) is 5.56 Å². The molecule has 23 heavy (non-hydrogen) atoms. The number of ketones is 1. The average molecular weight is 306 g/mol. The average Bonchev–Trinajstić information content (AvgIpc) is 2.52. The van der Waals surface area contributed by atoms with Gasteiger partial charge in [0.2, 0.25) is 0 Å². The quantitative estimate of drug-likeness (QED) is 0.497. The van der Waals surface area contributed by atoms with Gasteiger partial charge in [-0.15, -0.1) is 0 Å². The Hall–Kier alpha value is -2.68. The fourth-order valence-corrected chi connectivity index (χ4v) is 2.65. The molecule has 2 rings (SSSR count). The molecule has 2 aromatic carbocycles. The number of hydrogen-bond acceptors (Lipinski definition) is 3. The highest BCUT2D eigenvalue weighted by Gasteiger charge is 2.08. The second kappa shape index (κ2) is 7.54. The highest BCUT2D eigenvalue weighted by Crippen LogP contribution is 2.14. The van der Waals surface area contributed by atoms with Crippen LogP contribution in [0.5, 0.6) is 0 Å². The number of nitrogens with zero attached hydrogens (tertiary/aromatic N) is 1. The number of hydrogen-bond donors (Lipinski definition) is 1. The van der Waals surface area contributed by atoms with Gasteiger partial charge in [-0.3, -0.25) is 4.79 Å². The first-order valence-corrected chi connectivity index (χ1v) is 7.61. The first-order valence-electron chi connectivity index (χ1n) is 7.61. The van der Waals surface area contributed by atoms with E-state index in [9.17, 15) is 4.79 Å². The summed E-state index contributed by atoms with van der Waals surface area (Å²) in [4.78, 5) is 12.2. The second-order valence-corrected chi connectivity index (χ2v) is 5.62. The Morgan fingerprint density at radius 1 is 1.17 bits per heavy atom. The van der Waals surface area contributed by atoms with Crippen LogP contribution < -0.4 is 5.43 Å². The zero-order chi connectivity index (χ0) is 16.8. The van der Waals surface area contributed by atoms with Gasteiger partial charge in [-0.25, -0.2) is 0 Å². The molecule has 0 amide bonds. The molecule has 0 spiro atoms. The molecule has 1 N–H and O–H groups in total. The molecule has 0 aliphatic heterocycles. The topological polar surface area (TPSA) is 41.5 Å². The van der Waals surface area contributed by atoms with E-state index in [4.69, 9.17) is 0 Å². The van der Waals surface area contributed by atoms with Crippen molar-refractivity contribution in [1.29, 1.82) is 0 Å². The molecule has 0 aromatic heterocycles. The van der Waals surface area contributed by atoms with E-state index in [0.717, 1.165) is 11.1 Å². The van der Waals surface area contributed by atoms with Gasteiger partial charge >= 0.3 is 0 Å². The molecule has 0 aliphatic rings. The summed E-state index contributed by atoms with van der Waals surface area (Å²) in [6, 6.07) is 11.7. The summed E-state index contributed by atoms with van der Waals surface area (Å²) in [6.45, 7) is 10.1. The van der Waals surface area contributed by atoms with E-state index in [1.807, 2.05) is 18.2 Å². The monoisotopic (exact) mass is 306 g/mol. The van der Waals surface area contributed by atoms with Crippen molar-refractivity contribution in [2.75, 3.05) is 6.54 Å². The number of rotatable bonds is 6. The summed E-state index contributed by atoms with van der Waals surface area (Å²) in [5, 5.41) is 4.19. The maximum absolute atomic E-state index is 12.2. The van der Waals surface area contributed by atoms with Gasteiger partial charge in [-0.1, -0.05) is 54.6 Å². The Balaban J connectivity index is 2.02. The molecule has 3 nitrogen and oxygen atoms in total. The number of carbonyl (C=O) groups is 1. The maximum atomic E-state index is 12.2. The Morgan fingerprint density at radius 2 is 1.83 bits per heavy atom. The van der Waals surface area contributed by atoms with Crippen molar-refractivity contribution in [2.24, 2.45) is 5.10 Å².